The molecule has 35 heavy (non-hydrogen) atoms. The summed E-state index contributed by atoms with van der Waals surface area (Å²) in [5.74, 6) is -0.200. The van der Waals surface area contributed by atoms with Crippen LogP contribution < -0.4 is 15.4 Å². The lowest BCUT2D eigenvalue weighted by Crippen LogP contribution is -2.32. The van der Waals surface area contributed by atoms with Gasteiger partial charge in [-0.2, -0.15) is 0 Å². The molecule has 0 aliphatic heterocycles. The number of carbonyl (C=O) groups excluding carboxylic acids is 3. The van der Waals surface area contributed by atoms with Gasteiger partial charge in [0.1, 0.15) is 10.8 Å². The maximum Gasteiger partial charge on any atom is 0.414 e. The molecule has 0 saturated heterocycles. The van der Waals surface area contributed by atoms with Crippen LogP contribution in [0.2, 0.25) is 0 Å². The molecule has 1 aromatic heterocycles. The number of anilines is 1. The zero-order valence-electron chi connectivity index (χ0n) is 20.0. The van der Waals surface area contributed by atoms with Crippen LogP contribution in [0.5, 0.6) is 5.75 Å². The van der Waals surface area contributed by atoms with E-state index in [1.54, 1.807) is 19.1 Å². The first-order chi connectivity index (χ1) is 16.6. The van der Waals surface area contributed by atoms with Crippen LogP contribution in [0.3, 0.4) is 0 Å². The minimum Gasteiger partial charge on any atom is -0.497 e. The number of thiophene rings is 1. The van der Waals surface area contributed by atoms with E-state index >= 15 is 0 Å². The van der Waals surface area contributed by atoms with Gasteiger partial charge < -0.3 is 14.8 Å². The van der Waals surface area contributed by atoms with Crippen molar-refractivity contribution in [3.05, 3.63) is 40.3 Å². The lowest BCUT2D eigenvalue weighted by atomic mass is 9.88. The van der Waals surface area contributed by atoms with E-state index in [0.717, 1.165) is 23.3 Å². The Morgan fingerprint density at radius 2 is 1.89 bits per heavy atom. The van der Waals surface area contributed by atoms with Crippen molar-refractivity contribution in [3.8, 4) is 5.75 Å². The number of amides is 3. The average molecular weight is 523 g/mol. The molecular weight excluding hydrogens is 492 g/mol. The highest BCUT2D eigenvalue weighted by Gasteiger charge is 2.29. The van der Waals surface area contributed by atoms with E-state index in [1.807, 2.05) is 0 Å². The van der Waals surface area contributed by atoms with Crippen molar-refractivity contribution in [2.24, 2.45) is 5.92 Å². The van der Waals surface area contributed by atoms with Gasteiger partial charge in [-0.3, -0.25) is 14.9 Å². The number of alkyl carbamates (subject to hydrolysis) is 1. The van der Waals surface area contributed by atoms with E-state index in [9.17, 15) is 22.8 Å². The first-order valence-corrected chi connectivity index (χ1v) is 13.9. The molecule has 1 atom stereocenters. The summed E-state index contributed by atoms with van der Waals surface area (Å²) in [6, 6.07) is 6.09. The first-order valence-electron chi connectivity index (χ1n) is 11.4. The second-order valence-electron chi connectivity index (χ2n) is 8.38. The first kappa shape index (κ1) is 26.7. The van der Waals surface area contributed by atoms with Gasteiger partial charge in [0.15, 0.2) is 9.84 Å². The van der Waals surface area contributed by atoms with Crippen LogP contribution in [0.1, 0.15) is 53.9 Å². The number of fused-ring (bicyclic) bond motifs is 1. The van der Waals surface area contributed by atoms with Gasteiger partial charge in [0.2, 0.25) is 5.91 Å². The van der Waals surface area contributed by atoms with Gasteiger partial charge in [0, 0.05) is 11.3 Å². The van der Waals surface area contributed by atoms with E-state index in [4.69, 9.17) is 9.47 Å². The van der Waals surface area contributed by atoms with Crippen LogP contribution in [-0.4, -0.2) is 45.8 Å². The Kier molecular flexibility index (Phi) is 8.90. The fourth-order valence-corrected chi connectivity index (χ4v) is 6.65. The third-order valence-electron chi connectivity index (χ3n) is 5.72. The Morgan fingerprint density at radius 1 is 1.17 bits per heavy atom. The summed E-state index contributed by atoms with van der Waals surface area (Å²) in [7, 11) is -2.05. The predicted molar refractivity (Wildman–Crippen MR) is 133 cm³/mol. The third-order valence-corrected chi connectivity index (χ3v) is 8.70. The molecule has 2 N–H and O–H groups in total. The second kappa shape index (κ2) is 11.7. The molecular formula is C24H30N2O7S2. The molecule has 2 aromatic rings. The third kappa shape index (κ3) is 6.82. The number of carbonyl (C=O) groups is 3. The monoisotopic (exact) mass is 522 g/mol. The van der Waals surface area contributed by atoms with Crippen LogP contribution in [0, 0.1) is 5.92 Å². The highest BCUT2D eigenvalue weighted by molar-refractivity contribution is 7.91. The quantitative estimate of drug-likeness (QED) is 0.510. The molecule has 0 fully saturated rings. The number of sulfone groups is 1. The SMILES string of the molecule is CCOC(=O)NC(=O)c1c(NC(=O)CCCS(=O)(=O)c2ccc(OC)cc2)sc2c1CCC(C)C2. The number of ether oxygens (including phenoxy) is 2. The van der Waals surface area contributed by atoms with E-state index in [2.05, 4.69) is 17.6 Å². The van der Waals surface area contributed by atoms with Crippen LogP contribution >= 0.6 is 11.3 Å². The predicted octanol–water partition coefficient (Wildman–Crippen LogP) is 3.96. The fraction of sp³-hybridized carbons (Fsp3) is 0.458. The molecule has 0 saturated carbocycles. The van der Waals surface area contributed by atoms with Gasteiger partial charge in [0.25, 0.3) is 5.91 Å². The van der Waals surface area contributed by atoms with Crippen LogP contribution in [0.15, 0.2) is 29.2 Å². The largest absolute Gasteiger partial charge is 0.497 e. The van der Waals surface area contributed by atoms with Crippen molar-refractivity contribution < 1.29 is 32.3 Å². The summed E-state index contributed by atoms with van der Waals surface area (Å²) in [5.41, 5.74) is 1.12. The Hall–Kier alpha value is -2.92. The number of hydrogen-bond acceptors (Lipinski definition) is 8. The molecule has 0 radical (unpaired) electrons. The molecule has 1 heterocycles. The van der Waals surface area contributed by atoms with E-state index in [-0.39, 0.29) is 35.7 Å². The minimum absolute atomic E-state index is 0.0344. The van der Waals surface area contributed by atoms with E-state index < -0.39 is 27.7 Å². The zero-order valence-corrected chi connectivity index (χ0v) is 21.6. The molecule has 1 unspecified atom stereocenters. The minimum atomic E-state index is -3.55. The van der Waals surface area contributed by atoms with Gasteiger partial charge in [-0.1, -0.05) is 6.92 Å². The maximum absolute atomic E-state index is 12.9. The molecule has 0 spiro atoms. The van der Waals surface area contributed by atoms with Crippen molar-refractivity contribution >= 4 is 44.1 Å². The number of imide groups is 1. The van der Waals surface area contributed by atoms with Crippen molar-refractivity contribution in [1.82, 2.24) is 5.32 Å². The van der Waals surface area contributed by atoms with Crippen LogP contribution in [0.4, 0.5) is 9.80 Å². The number of methoxy groups -OCH3 is 1. The smallest absolute Gasteiger partial charge is 0.414 e. The van der Waals surface area contributed by atoms with Gasteiger partial charge in [-0.05, 0) is 68.4 Å². The fourth-order valence-electron chi connectivity index (χ4n) is 3.91. The molecule has 1 aliphatic carbocycles. The topological polar surface area (TPSA) is 128 Å². The lowest BCUT2D eigenvalue weighted by Gasteiger charge is -2.18. The van der Waals surface area contributed by atoms with E-state index in [1.165, 1.54) is 30.6 Å². The van der Waals surface area contributed by atoms with E-state index in [0.29, 0.717) is 23.1 Å². The average Bonchev–Trinajstić information content (AvgIpc) is 3.15. The Balaban J connectivity index is 1.67. The summed E-state index contributed by atoms with van der Waals surface area (Å²) >= 11 is 1.33. The summed E-state index contributed by atoms with van der Waals surface area (Å²) in [5, 5.41) is 5.35. The number of hydrogen-bond donors (Lipinski definition) is 2. The van der Waals surface area contributed by atoms with Crippen LogP contribution in [-0.2, 0) is 32.2 Å². The normalized spacial score (nSPS) is 15.1. The molecule has 3 amide bonds. The summed E-state index contributed by atoms with van der Waals surface area (Å²) < 4.78 is 35.0. The number of benzene rings is 1. The van der Waals surface area contributed by atoms with Crippen LogP contribution in [0.25, 0.3) is 0 Å². The summed E-state index contributed by atoms with van der Waals surface area (Å²) in [6.07, 6.45) is 1.60. The maximum atomic E-state index is 12.9. The standard InChI is InChI=1S/C24H30N2O7S2/c1-4-33-24(29)26-22(28)21-18-12-7-15(2)14-19(18)34-23(21)25-20(27)6-5-13-35(30,31)17-10-8-16(32-3)9-11-17/h8-11,15H,4-7,12-14H2,1-3H3,(H,25,27)(H,26,28,29). The summed E-state index contributed by atoms with van der Waals surface area (Å²) in [4.78, 5) is 38.5. The van der Waals surface area contributed by atoms with Crippen molar-refractivity contribution in [3.63, 3.8) is 0 Å². The Morgan fingerprint density at radius 3 is 2.54 bits per heavy atom. The summed E-state index contributed by atoms with van der Waals surface area (Å²) in [6.45, 7) is 3.89. The van der Waals surface area contributed by atoms with Crippen molar-refractivity contribution in [2.45, 2.75) is 50.8 Å². The molecule has 3 rings (SSSR count). The number of rotatable bonds is 9. The lowest BCUT2D eigenvalue weighted by molar-refractivity contribution is -0.116. The second-order valence-corrected chi connectivity index (χ2v) is 11.6. The molecule has 11 heteroatoms. The highest BCUT2D eigenvalue weighted by atomic mass is 32.2. The Labute approximate surface area is 209 Å². The molecule has 0 bridgehead atoms. The molecule has 1 aromatic carbocycles. The molecule has 1 aliphatic rings. The zero-order chi connectivity index (χ0) is 25.6. The van der Waals surface area contributed by atoms with Crippen molar-refractivity contribution in [1.29, 1.82) is 0 Å². The molecule has 9 nitrogen and oxygen atoms in total. The van der Waals surface area contributed by atoms with Gasteiger partial charge in [0.05, 0.1) is 29.9 Å². The van der Waals surface area contributed by atoms with Gasteiger partial charge in [-0.15, -0.1) is 11.3 Å². The van der Waals surface area contributed by atoms with Gasteiger partial charge in [-0.25, -0.2) is 13.2 Å². The van der Waals surface area contributed by atoms with Gasteiger partial charge >= 0.3 is 6.09 Å². The molecule has 190 valence electrons. The highest BCUT2D eigenvalue weighted by Crippen LogP contribution is 2.39. The van der Waals surface area contributed by atoms with Crippen molar-refractivity contribution in [2.75, 3.05) is 24.8 Å². The number of nitrogens with one attached hydrogen (secondary N) is 2. The Bertz CT molecular complexity index is 1190.